The summed E-state index contributed by atoms with van der Waals surface area (Å²) in [6.45, 7) is 10.4. The van der Waals surface area contributed by atoms with E-state index in [0.717, 1.165) is 24.0 Å². The molecular weight excluding hydrogens is 272 g/mol. The number of aryl methyl sites for hydroxylation is 2. The molecule has 2 rings (SSSR count). The SMILES string of the molecule is CCCCC=C(C)C.Cc1cc2c(c(O)c1O)[C@H](C)CCC2. The van der Waals surface area contributed by atoms with Gasteiger partial charge in [0.05, 0.1) is 0 Å². The summed E-state index contributed by atoms with van der Waals surface area (Å²) in [5.41, 5.74) is 4.38. The fraction of sp³-hybridized carbons (Fsp3) is 0.600. The molecule has 1 aliphatic carbocycles. The van der Waals surface area contributed by atoms with Gasteiger partial charge in [-0.3, -0.25) is 0 Å². The summed E-state index contributed by atoms with van der Waals surface area (Å²) in [7, 11) is 0. The van der Waals surface area contributed by atoms with E-state index in [1.807, 2.05) is 13.0 Å². The van der Waals surface area contributed by atoms with Gasteiger partial charge < -0.3 is 10.2 Å². The van der Waals surface area contributed by atoms with E-state index in [-0.39, 0.29) is 11.5 Å². The molecule has 22 heavy (non-hydrogen) atoms. The molecule has 0 saturated carbocycles. The van der Waals surface area contributed by atoms with Crippen LogP contribution in [-0.4, -0.2) is 10.2 Å². The molecule has 0 saturated heterocycles. The van der Waals surface area contributed by atoms with E-state index in [1.54, 1.807) is 0 Å². The highest BCUT2D eigenvalue weighted by Crippen LogP contribution is 2.43. The van der Waals surface area contributed by atoms with E-state index in [0.29, 0.717) is 5.92 Å². The highest BCUT2D eigenvalue weighted by molar-refractivity contribution is 5.55. The molecule has 2 heteroatoms. The largest absolute Gasteiger partial charge is 0.504 e. The molecule has 1 aliphatic rings. The predicted octanol–water partition coefficient (Wildman–Crippen LogP) is 5.99. The second-order valence-electron chi connectivity index (χ2n) is 6.68. The Balaban J connectivity index is 0.000000261. The van der Waals surface area contributed by atoms with Gasteiger partial charge in [0.2, 0.25) is 0 Å². The fourth-order valence-electron chi connectivity index (χ4n) is 2.97. The van der Waals surface area contributed by atoms with Gasteiger partial charge in [0.1, 0.15) is 0 Å². The molecule has 0 aliphatic heterocycles. The number of phenols is 2. The van der Waals surface area contributed by atoms with Crippen molar-refractivity contribution < 1.29 is 10.2 Å². The lowest BCUT2D eigenvalue weighted by Gasteiger charge is -2.24. The maximum absolute atomic E-state index is 9.84. The van der Waals surface area contributed by atoms with Crippen LogP contribution in [0.5, 0.6) is 11.5 Å². The lowest BCUT2D eigenvalue weighted by Crippen LogP contribution is -2.07. The lowest BCUT2D eigenvalue weighted by molar-refractivity contribution is 0.388. The first-order valence-electron chi connectivity index (χ1n) is 8.56. The summed E-state index contributed by atoms with van der Waals surface area (Å²) in [5, 5.41) is 19.5. The molecule has 0 radical (unpaired) electrons. The smallest absolute Gasteiger partial charge is 0.161 e. The molecule has 1 aromatic carbocycles. The number of unbranched alkanes of at least 4 members (excludes halogenated alkanes) is 2. The van der Waals surface area contributed by atoms with Crippen molar-refractivity contribution in [1.82, 2.24) is 0 Å². The number of allylic oxidation sites excluding steroid dienone is 2. The summed E-state index contributed by atoms with van der Waals surface area (Å²) in [6, 6.07) is 2.00. The number of phenolic OH excluding ortho intramolecular Hbond substituents is 2. The van der Waals surface area contributed by atoms with Gasteiger partial charge in [-0.15, -0.1) is 0 Å². The average Bonchev–Trinajstić information content (AvgIpc) is 2.45. The van der Waals surface area contributed by atoms with Crippen LogP contribution in [0, 0.1) is 6.92 Å². The van der Waals surface area contributed by atoms with Crippen LogP contribution in [0.1, 0.15) is 82.4 Å². The summed E-state index contributed by atoms with van der Waals surface area (Å²) in [6.07, 6.45) is 9.51. The number of hydrogen-bond donors (Lipinski definition) is 2. The minimum absolute atomic E-state index is 0.0532. The molecule has 0 spiro atoms. The fourth-order valence-corrected chi connectivity index (χ4v) is 2.97. The molecule has 1 atom stereocenters. The molecule has 0 aromatic heterocycles. The Hall–Kier alpha value is -1.44. The molecule has 0 unspecified atom stereocenters. The van der Waals surface area contributed by atoms with Crippen LogP contribution in [0.4, 0.5) is 0 Å². The van der Waals surface area contributed by atoms with E-state index in [2.05, 4.69) is 33.8 Å². The van der Waals surface area contributed by atoms with E-state index >= 15 is 0 Å². The van der Waals surface area contributed by atoms with Crippen LogP contribution in [0.3, 0.4) is 0 Å². The van der Waals surface area contributed by atoms with Gasteiger partial charge in [-0.05, 0) is 63.5 Å². The monoisotopic (exact) mass is 304 g/mol. The standard InChI is InChI=1S/C12H16O2.C8H16/c1-7-4-3-5-9-6-8(2)11(13)12(14)10(7)9;1-4-5-6-7-8(2)3/h6-7,13-14H,3-5H2,1-2H3;7H,4-6H2,1-3H3/t7-;/m1./s1. The number of hydrogen-bond acceptors (Lipinski definition) is 2. The first-order valence-corrected chi connectivity index (χ1v) is 8.56. The van der Waals surface area contributed by atoms with Gasteiger partial charge in [0.25, 0.3) is 0 Å². The van der Waals surface area contributed by atoms with E-state index in [4.69, 9.17) is 0 Å². The molecule has 1 aromatic rings. The third-order valence-electron chi connectivity index (χ3n) is 4.28. The topological polar surface area (TPSA) is 40.5 Å². The van der Waals surface area contributed by atoms with Crippen LogP contribution >= 0.6 is 0 Å². The van der Waals surface area contributed by atoms with Crippen molar-refractivity contribution in [2.24, 2.45) is 0 Å². The molecule has 0 fully saturated rings. The number of benzene rings is 1. The average molecular weight is 304 g/mol. The van der Waals surface area contributed by atoms with Crippen molar-refractivity contribution >= 4 is 0 Å². The first-order chi connectivity index (χ1) is 10.4. The third kappa shape index (κ3) is 5.08. The summed E-state index contributed by atoms with van der Waals surface area (Å²) in [5.74, 6) is 0.523. The molecule has 0 amide bonds. The Morgan fingerprint density at radius 3 is 2.55 bits per heavy atom. The van der Waals surface area contributed by atoms with E-state index in [1.165, 1.54) is 36.8 Å². The molecule has 0 bridgehead atoms. The van der Waals surface area contributed by atoms with Crippen LogP contribution in [0.2, 0.25) is 0 Å². The zero-order chi connectivity index (χ0) is 16.7. The zero-order valence-electron chi connectivity index (χ0n) is 14.9. The summed E-state index contributed by atoms with van der Waals surface area (Å²) < 4.78 is 0. The minimum Gasteiger partial charge on any atom is -0.504 e. The quantitative estimate of drug-likeness (QED) is 0.409. The van der Waals surface area contributed by atoms with Crippen molar-refractivity contribution in [1.29, 1.82) is 0 Å². The van der Waals surface area contributed by atoms with Crippen molar-refractivity contribution in [3.05, 3.63) is 34.4 Å². The van der Waals surface area contributed by atoms with Crippen LogP contribution in [0.25, 0.3) is 0 Å². The lowest BCUT2D eigenvalue weighted by atomic mass is 9.82. The number of rotatable bonds is 3. The zero-order valence-corrected chi connectivity index (χ0v) is 14.9. The van der Waals surface area contributed by atoms with Crippen molar-refractivity contribution in [2.75, 3.05) is 0 Å². The van der Waals surface area contributed by atoms with Gasteiger partial charge >= 0.3 is 0 Å². The predicted molar refractivity (Wildman–Crippen MR) is 94.8 cm³/mol. The molecular formula is C20H32O2. The van der Waals surface area contributed by atoms with Gasteiger partial charge in [-0.1, -0.05) is 44.4 Å². The van der Waals surface area contributed by atoms with Crippen LogP contribution in [-0.2, 0) is 6.42 Å². The van der Waals surface area contributed by atoms with Gasteiger partial charge in [-0.2, -0.15) is 0 Å². The highest BCUT2D eigenvalue weighted by atomic mass is 16.3. The van der Waals surface area contributed by atoms with Gasteiger partial charge in [0, 0.05) is 5.56 Å². The van der Waals surface area contributed by atoms with Gasteiger partial charge in [-0.25, -0.2) is 0 Å². The third-order valence-corrected chi connectivity index (χ3v) is 4.28. The first kappa shape index (κ1) is 18.6. The summed E-state index contributed by atoms with van der Waals surface area (Å²) >= 11 is 0. The Bertz CT molecular complexity index is 511. The molecule has 0 heterocycles. The number of fused-ring (bicyclic) bond motifs is 1. The molecule has 2 nitrogen and oxygen atoms in total. The van der Waals surface area contributed by atoms with Crippen molar-refractivity contribution in [3.63, 3.8) is 0 Å². The Kier molecular flexibility index (Phi) is 7.50. The maximum atomic E-state index is 9.84. The Labute approximate surface area is 135 Å². The Morgan fingerprint density at radius 1 is 1.27 bits per heavy atom. The second-order valence-corrected chi connectivity index (χ2v) is 6.68. The maximum Gasteiger partial charge on any atom is 0.161 e. The van der Waals surface area contributed by atoms with Crippen LogP contribution < -0.4 is 0 Å². The second kappa shape index (κ2) is 8.87. The minimum atomic E-state index is 0.0532. The highest BCUT2D eigenvalue weighted by Gasteiger charge is 2.23. The summed E-state index contributed by atoms with van der Waals surface area (Å²) in [4.78, 5) is 0. The Morgan fingerprint density at radius 2 is 1.95 bits per heavy atom. The number of aromatic hydroxyl groups is 2. The van der Waals surface area contributed by atoms with E-state index < -0.39 is 0 Å². The molecule has 2 N–H and O–H groups in total. The van der Waals surface area contributed by atoms with Gasteiger partial charge in [0.15, 0.2) is 11.5 Å². The van der Waals surface area contributed by atoms with Crippen molar-refractivity contribution in [2.45, 2.75) is 79.1 Å². The van der Waals surface area contributed by atoms with E-state index in [9.17, 15) is 10.2 Å². The molecule has 124 valence electrons. The van der Waals surface area contributed by atoms with Crippen LogP contribution in [0.15, 0.2) is 17.7 Å². The normalized spacial score (nSPS) is 16.3. The van der Waals surface area contributed by atoms with Crippen molar-refractivity contribution in [3.8, 4) is 11.5 Å².